The maximum Gasteiger partial charge on any atom is 0.248 e. The first-order valence-electron chi connectivity index (χ1n) is 6.16. The first-order chi connectivity index (χ1) is 8.70. The van der Waals surface area contributed by atoms with Crippen LogP contribution in [0.15, 0.2) is 48.5 Å². The molecule has 0 heterocycles. The van der Waals surface area contributed by atoms with Crippen molar-refractivity contribution in [3.8, 4) is 0 Å². The predicted octanol–water partition coefficient (Wildman–Crippen LogP) is 2.94. The fourth-order valence-electron chi connectivity index (χ4n) is 2.09. The molecule has 0 aliphatic carbocycles. The van der Waals surface area contributed by atoms with E-state index in [0.717, 1.165) is 18.4 Å². The van der Waals surface area contributed by atoms with Crippen LogP contribution in [0.4, 0.5) is 0 Å². The van der Waals surface area contributed by atoms with Crippen molar-refractivity contribution in [1.82, 2.24) is 0 Å². The van der Waals surface area contributed by atoms with Crippen LogP contribution in [-0.2, 0) is 12.8 Å². The molecule has 0 spiro atoms. The van der Waals surface area contributed by atoms with Gasteiger partial charge in [-0.3, -0.25) is 4.79 Å². The van der Waals surface area contributed by atoms with Gasteiger partial charge < -0.3 is 5.73 Å². The Kier molecular flexibility index (Phi) is 3.78. The standard InChI is InChI=1S/C16H17NO/c1-2-12-6-5-7-13(10-12)11-14-8-3-4-9-15(14)16(17)18/h3-10H,2,11H2,1H3,(H2,17,18). The number of primary amides is 1. The molecule has 2 aromatic carbocycles. The molecule has 2 aromatic rings. The topological polar surface area (TPSA) is 43.1 Å². The van der Waals surface area contributed by atoms with E-state index in [2.05, 4.69) is 31.2 Å². The first kappa shape index (κ1) is 12.4. The fourth-order valence-corrected chi connectivity index (χ4v) is 2.09. The average Bonchev–Trinajstić information content (AvgIpc) is 2.39. The zero-order valence-electron chi connectivity index (χ0n) is 10.5. The second-order valence-corrected chi connectivity index (χ2v) is 4.37. The van der Waals surface area contributed by atoms with Gasteiger partial charge in [-0.1, -0.05) is 49.4 Å². The van der Waals surface area contributed by atoms with E-state index in [0.29, 0.717) is 5.56 Å². The summed E-state index contributed by atoms with van der Waals surface area (Å²) in [5.74, 6) is -0.364. The summed E-state index contributed by atoms with van der Waals surface area (Å²) in [6, 6.07) is 15.9. The minimum Gasteiger partial charge on any atom is -0.366 e. The van der Waals surface area contributed by atoms with E-state index in [1.54, 1.807) is 6.07 Å². The van der Waals surface area contributed by atoms with Crippen LogP contribution in [-0.4, -0.2) is 5.91 Å². The van der Waals surface area contributed by atoms with Crippen LogP contribution in [0, 0.1) is 0 Å². The van der Waals surface area contributed by atoms with Gasteiger partial charge in [0.05, 0.1) is 0 Å². The number of carbonyl (C=O) groups excluding carboxylic acids is 1. The van der Waals surface area contributed by atoms with Crippen molar-refractivity contribution in [3.05, 3.63) is 70.8 Å². The van der Waals surface area contributed by atoms with Gasteiger partial charge >= 0.3 is 0 Å². The van der Waals surface area contributed by atoms with Crippen molar-refractivity contribution in [2.24, 2.45) is 5.73 Å². The molecule has 18 heavy (non-hydrogen) atoms. The number of nitrogens with two attached hydrogens (primary N) is 1. The zero-order valence-corrected chi connectivity index (χ0v) is 10.5. The maximum atomic E-state index is 11.4. The summed E-state index contributed by atoms with van der Waals surface area (Å²) in [7, 11) is 0. The molecule has 92 valence electrons. The van der Waals surface area contributed by atoms with E-state index in [1.807, 2.05) is 18.2 Å². The maximum absolute atomic E-state index is 11.4. The molecule has 2 heteroatoms. The van der Waals surface area contributed by atoms with E-state index in [1.165, 1.54) is 11.1 Å². The molecule has 0 aromatic heterocycles. The highest BCUT2D eigenvalue weighted by atomic mass is 16.1. The minimum atomic E-state index is -0.364. The van der Waals surface area contributed by atoms with E-state index in [4.69, 9.17) is 5.73 Å². The van der Waals surface area contributed by atoms with Crippen molar-refractivity contribution in [1.29, 1.82) is 0 Å². The van der Waals surface area contributed by atoms with Crippen molar-refractivity contribution in [3.63, 3.8) is 0 Å². The van der Waals surface area contributed by atoms with Gasteiger partial charge in [-0.25, -0.2) is 0 Å². The summed E-state index contributed by atoms with van der Waals surface area (Å²) >= 11 is 0. The van der Waals surface area contributed by atoms with Crippen LogP contribution in [0.2, 0.25) is 0 Å². The smallest absolute Gasteiger partial charge is 0.248 e. The van der Waals surface area contributed by atoms with Gasteiger partial charge in [-0.2, -0.15) is 0 Å². The highest BCUT2D eigenvalue weighted by Crippen LogP contribution is 2.15. The summed E-state index contributed by atoms with van der Waals surface area (Å²) < 4.78 is 0. The Labute approximate surface area is 107 Å². The molecule has 0 aliphatic heterocycles. The molecule has 0 fully saturated rings. The van der Waals surface area contributed by atoms with Crippen LogP contribution in [0.3, 0.4) is 0 Å². The third-order valence-corrected chi connectivity index (χ3v) is 3.08. The number of carbonyl (C=O) groups is 1. The number of benzene rings is 2. The lowest BCUT2D eigenvalue weighted by molar-refractivity contribution is 0.0999. The van der Waals surface area contributed by atoms with E-state index >= 15 is 0 Å². The van der Waals surface area contributed by atoms with Gasteiger partial charge in [0.25, 0.3) is 0 Å². The average molecular weight is 239 g/mol. The van der Waals surface area contributed by atoms with Crippen molar-refractivity contribution >= 4 is 5.91 Å². The van der Waals surface area contributed by atoms with Gasteiger partial charge in [0.15, 0.2) is 0 Å². The number of hydrogen-bond acceptors (Lipinski definition) is 1. The van der Waals surface area contributed by atoms with Gasteiger partial charge in [-0.05, 0) is 35.6 Å². The Morgan fingerprint density at radius 1 is 1.06 bits per heavy atom. The van der Waals surface area contributed by atoms with Gasteiger partial charge in [-0.15, -0.1) is 0 Å². The highest BCUT2D eigenvalue weighted by molar-refractivity contribution is 5.94. The van der Waals surface area contributed by atoms with Gasteiger partial charge in [0, 0.05) is 5.56 Å². The highest BCUT2D eigenvalue weighted by Gasteiger charge is 2.07. The fraction of sp³-hybridized carbons (Fsp3) is 0.188. The van der Waals surface area contributed by atoms with Crippen molar-refractivity contribution in [2.75, 3.05) is 0 Å². The van der Waals surface area contributed by atoms with Gasteiger partial charge in [0.1, 0.15) is 0 Å². The second kappa shape index (κ2) is 5.50. The molecule has 0 unspecified atom stereocenters. The van der Waals surface area contributed by atoms with E-state index in [9.17, 15) is 4.79 Å². The van der Waals surface area contributed by atoms with Crippen molar-refractivity contribution < 1.29 is 4.79 Å². The van der Waals surface area contributed by atoms with Crippen LogP contribution in [0.25, 0.3) is 0 Å². The first-order valence-corrected chi connectivity index (χ1v) is 6.16. The number of aryl methyl sites for hydroxylation is 1. The molecule has 0 aliphatic rings. The van der Waals surface area contributed by atoms with Crippen LogP contribution in [0.5, 0.6) is 0 Å². The molecule has 0 atom stereocenters. The monoisotopic (exact) mass is 239 g/mol. The van der Waals surface area contributed by atoms with E-state index < -0.39 is 0 Å². The molecule has 0 bridgehead atoms. The SMILES string of the molecule is CCc1cccc(Cc2ccccc2C(N)=O)c1. The number of amides is 1. The Hall–Kier alpha value is -2.09. The summed E-state index contributed by atoms with van der Waals surface area (Å²) in [6.45, 7) is 2.14. The molecule has 0 radical (unpaired) electrons. The largest absolute Gasteiger partial charge is 0.366 e. The Morgan fingerprint density at radius 2 is 1.78 bits per heavy atom. The number of hydrogen-bond donors (Lipinski definition) is 1. The van der Waals surface area contributed by atoms with Crippen LogP contribution in [0.1, 0.15) is 34.0 Å². The Bertz CT molecular complexity index is 561. The molecule has 0 saturated carbocycles. The lowest BCUT2D eigenvalue weighted by atomic mass is 9.98. The second-order valence-electron chi connectivity index (χ2n) is 4.37. The lowest BCUT2D eigenvalue weighted by Gasteiger charge is -2.07. The molecule has 0 saturated heterocycles. The third kappa shape index (κ3) is 2.77. The summed E-state index contributed by atoms with van der Waals surface area (Å²) in [5, 5.41) is 0. The minimum absolute atomic E-state index is 0.364. The summed E-state index contributed by atoms with van der Waals surface area (Å²) in [6.07, 6.45) is 1.76. The lowest BCUT2D eigenvalue weighted by Crippen LogP contribution is -2.13. The molecule has 2 N–H and O–H groups in total. The summed E-state index contributed by atoms with van der Waals surface area (Å²) in [4.78, 5) is 11.4. The normalized spacial score (nSPS) is 10.3. The predicted molar refractivity (Wildman–Crippen MR) is 73.6 cm³/mol. The molecule has 1 amide bonds. The van der Waals surface area contributed by atoms with Crippen LogP contribution >= 0.6 is 0 Å². The molecule has 2 nitrogen and oxygen atoms in total. The molecular formula is C16H17NO. The van der Waals surface area contributed by atoms with Crippen molar-refractivity contribution in [2.45, 2.75) is 19.8 Å². The summed E-state index contributed by atoms with van der Waals surface area (Å²) in [5.41, 5.74) is 9.50. The zero-order chi connectivity index (χ0) is 13.0. The van der Waals surface area contributed by atoms with Gasteiger partial charge in [0.2, 0.25) is 5.91 Å². The Balaban J connectivity index is 2.31. The quantitative estimate of drug-likeness (QED) is 0.875. The van der Waals surface area contributed by atoms with Crippen LogP contribution < -0.4 is 5.73 Å². The number of rotatable bonds is 4. The Morgan fingerprint density at radius 3 is 2.50 bits per heavy atom. The van der Waals surface area contributed by atoms with E-state index in [-0.39, 0.29) is 5.91 Å². The molecular weight excluding hydrogens is 222 g/mol. The third-order valence-electron chi connectivity index (χ3n) is 3.08. The molecule has 2 rings (SSSR count).